The number of nitrogens with one attached hydrogen (secondary N) is 1. The van der Waals surface area contributed by atoms with E-state index < -0.39 is 11.7 Å². The number of hydrogen-bond donors (Lipinski definition) is 1. The van der Waals surface area contributed by atoms with Crippen molar-refractivity contribution in [3.8, 4) is 11.5 Å². The van der Waals surface area contributed by atoms with Crippen LogP contribution < -0.4 is 5.32 Å². The van der Waals surface area contributed by atoms with Crippen molar-refractivity contribution in [1.82, 2.24) is 10.2 Å². The summed E-state index contributed by atoms with van der Waals surface area (Å²) in [4.78, 5) is 12.2. The molecule has 1 N–H and O–H groups in total. The van der Waals surface area contributed by atoms with Gasteiger partial charge in [-0.2, -0.15) is 0 Å². The molecule has 24 heavy (non-hydrogen) atoms. The molecule has 3 aromatic rings. The van der Waals surface area contributed by atoms with Crippen LogP contribution in [0, 0.1) is 5.82 Å². The Kier molecular flexibility index (Phi) is 4.37. The molecule has 0 fully saturated rings. The predicted octanol–water partition coefficient (Wildman–Crippen LogP) is 4.25. The van der Waals surface area contributed by atoms with Gasteiger partial charge in [-0.15, -0.1) is 10.2 Å². The lowest BCUT2D eigenvalue weighted by atomic mass is 10.0. The van der Waals surface area contributed by atoms with Crippen LogP contribution in [0.2, 0.25) is 0 Å². The molecular formula is C18H16FN3O2. The summed E-state index contributed by atoms with van der Waals surface area (Å²) in [5, 5.41) is 10.1. The van der Waals surface area contributed by atoms with E-state index in [1.165, 1.54) is 17.7 Å². The number of aromatic nitrogens is 2. The Morgan fingerprint density at radius 1 is 1.08 bits per heavy atom. The van der Waals surface area contributed by atoms with Crippen LogP contribution in [0.1, 0.15) is 36.0 Å². The molecule has 0 aliphatic carbocycles. The molecule has 0 bridgehead atoms. The molecule has 0 atom stereocenters. The van der Waals surface area contributed by atoms with Crippen LogP contribution in [0.4, 0.5) is 10.1 Å². The van der Waals surface area contributed by atoms with E-state index >= 15 is 0 Å². The number of hydrogen-bond acceptors (Lipinski definition) is 4. The maximum atomic E-state index is 13.7. The highest BCUT2D eigenvalue weighted by atomic mass is 19.1. The standard InChI is InChI=1S/C18H16FN3O2/c1-11(2)12-7-9-13(10-8-12)20-16(23)18-22-21-17(24-18)14-5-3-4-6-15(14)19/h3-11H,1-2H3,(H,20,23). The minimum Gasteiger partial charge on any atom is -0.412 e. The largest absolute Gasteiger partial charge is 0.412 e. The first-order valence-electron chi connectivity index (χ1n) is 7.54. The van der Waals surface area contributed by atoms with E-state index in [9.17, 15) is 9.18 Å². The molecule has 0 radical (unpaired) electrons. The van der Waals surface area contributed by atoms with Crippen molar-refractivity contribution in [3.63, 3.8) is 0 Å². The fourth-order valence-corrected chi connectivity index (χ4v) is 2.19. The fourth-order valence-electron chi connectivity index (χ4n) is 2.19. The molecular weight excluding hydrogens is 309 g/mol. The second kappa shape index (κ2) is 6.62. The Bertz CT molecular complexity index is 857. The number of amides is 1. The summed E-state index contributed by atoms with van der Waals surface area (Å²) in [6, 6.07) is 13.5. The summed E-state index contributed by atoms with van der Waals surface area (Å²) in [7, 11) is 0. The number of carbonyl (C=O) groups is 1. The van der Waals surface area contributed by atoms with Crippen LogP contribution in [-0.4, -0.2) is 16.1 Å². The van der Waals surface area contributed by atoms with E-state index in [0.29, 0.717) is 11.6 Å². The van der Waals surface area contributed by atoms with E-state index in [0.717, 1.165) is 0 Å². The molecule has 2 aromatic carbocycles. The molecule has 0 spiro atoms. The summed E-state index contributed by atoms with van der Waals surface area (Å²) < 4.78 is 19.0. The van der Waals surface area contributed by atoms with Crippen LogP contribution in [0.3, 0.4) is 0 Å². The second-order valence-electron chi connectivity index (χ2n) is 5.62. The highest BCUT2D eigenvalue weighted by Crippen LogP contribution is 2.22. The van der Waals surface area contributed by atoms with E-state index in [1.807, 2.05) is 12.1 Å². The van der Waals surface area contributed by atoms with Gasteiger partial charge in [-0.1, -0.05) is 38.1 Å². The summed E-state index contributed by atoms with van der Waals surface area (Å²) in [5.74, 6) is -0.872. The first-order chi connectivity index (χ1) is 11.5. The molecule has 1 aromatic heterocycles. The van der Waals surface area contributed by atoms with E-state index in [4.69, 9.17) is 4.42 Å². The van der Waals surface area contributed by atoms with Crippen molar-refractivity contribution in [2.24, 2.45) is 0 Å². The van der Waals surface area contributed by atoms with Crippen LogP contribution in [0.25, 0.3) is 11.5 Å². The zero-order valence-corrected chi connectivity index (χ0v) is 13.3. The molecule has 0 unspecified atom stereocenters. The van der Waals surface area contributed by atoms with Crippen LogP contribution in [-0.2, 0) is 0 Å². The zero-order valence-electron chi connectivity index (χ0n) is 13.3. The number of benzene rings is 2. The third kappa shape index (κ3) is 3.32. The first-order valence-corrected chi connectivity index (χ1v) is 7.54. The van der Waals surface area contributed by atoms with Gasteiger partial charge in [-0.05, 0) is 35.7 Å². The normalized spacial score (nSPS) is 10.8. The summed E-state index contributed by atoms with van der Waals surface area (Å²) in [5.41, 5.74) is 1.95. The van der Waals surface area contributed by atoms with Gasteiger partial charge in [0.2, 0.25) is 0 Å². The van der Waals surface area contributed by atoms with Gasteiger partial charge in [-0.3, -0.25) is 4.79 Å². The number of anilines is 1. The number of halogens is 1. The van der Waals surface area contributed by atoms with Crippen molar-refractivity contribution in [3.05, 3.63) is 65.8 Å². The lowest BCUT2D eigenvalue weighted by Gasteiger charge is -2.07. The quantitative estimate of drug-likeness (QED) is 0.778. The Morgan fingerprint density at radius 3 is 2.46 bits per heavy atom. The zero-order chi connectivity index (χ0) is 17.1. The van der Waals surface area contributed by atoms with Gasteiger partial charge in [0, 0.05) is 5.69 Å². The average Bonchev–Trinajstić information content (AvgIpc) is 3.05. The highest BCUT2D eigenvalue weighted by molar-refractivity contribution is 6.00. The first kappa shape index (κ1) is 15.9. The minimum atomic E-state index is -0.539. The van der Waals surface area contributed by atoms with E-state index in [1.54, 1.807) is 24.3 Å². The molecule has 0 aliphatic heterocycles. The Morgan fingerprint density at radius 2 is 1.79 bits per heavy atom. The predicted molar refractivity (Wildman–Crippen MR) is 88.2 cm³/mol. The van der Waals surface area contributed by atoms with Gasteiger partial charge in [-0.25, -0.2) is 4.39 Å². The van der Waals surface area contributed by atoms with Crippen molar-refractivity contribution in [1.29, 1.82) is 0 Å². The molecule has 3 rings (SSSR count). The fraction of sp³-hybridized carbons (Fsp3) is 0.167. The van der Waals surface area contributed by atoms with Gasteiger partial charge in [0.1, 0.15) is 5.82 Å². The summed E-state index contributed by atoms with van der Waals surface area (Å²) in [6.07, 6.45) is 0. The van der Waals surface area contributed by atoms with Crippen LogP contribution in [0.15, 0.2) is 52.9 Å². The van der Waals surface area contributed by atoms with Crippen LogP contribution >= 0.6 is 0 Å². The van der Waals surface area contributed by atoms with Crippen LogP contribution in [0.5, 0.6) is 0 Å². The van der Waals surface area contributed by atoms with Crippen molar-refractivity contribution >= 4 is 11.6 Å². The maximum absolute atomic E-state index is 13.7. The Balaban J connectivity index is 1.75. The summed E-state index contributed by atoms with van der Waals surface area (Å²) in [6.45, 7) is 4.19. The molecule has 5 nitrogen and oxygen atoms in total. The second-order valence-corrected chi connectivity index (χ2v) is 5.62. The van der Waals surface area contributed by atoms with E-state index in [2.05, 4.69) is 29.4 Å². The SMILES string of the molecule is CC(C)c1ccc(NC(=O)c2nnc(-c3ccccc3F)o2)cc1. The Hall–Kier alpha value is -3.02. The van der Waals surface area contributed by atoms with Gasteiger partial charge in [0.15, 0.2) is 0 Å². The third-order valence-corrected chi connectivity index (χ3v) is 3.56. The monoisotopic (exact) mass is 325 g/mol. The molecule has 0 saturated carbocycles. The Labute approximate surface area is 138 Å². The van der Waals surface area contributed by atoms with Gasteiger partial charge >= 0.3 is 11.8 Å². The number of nitrogens with zero attached hydrogens (tertiary/aromatic N) is 2. The maximum Gasteiger partial charge on any atom is 0.313 e. The third-order valence-electron chi connectivity index (χ3n) is 3.56. The molecule has 0 aliphatic rings. The molecule has 0 saturated heterocycles. The lowest BCUT2D eigenvalue weighted by Crippen LogP contribution is -2.12. The minimum absolute atomic E-state index is 0.0339. The number of carbonyl (C=O) groups excluding carboxylic acids is 1. The molecule has 1 amide bonds. The van der Waals surface area contributed by atoms with Gasteiger partial charge in [0.25, 0.3) is 5.89 Å². The van der Waals surface area contributed by atoms with Crippen molar-refractivity contribution in [2.75, 3.05) is 5.32 Å². The van der Waals surface area contributed by atoms with Crippen molar-refractivity contribution < 1.29 is 13.6 Å². The topological polar surface area (TPSA) is 68.0 Å². The molecule has 1 heterocycles. The molecule has 122 valence electrons. The van der Waals surface area contributed by atoms with Crippen molar-refractivity contribution in [2.45, 2.75) is 19.8 Å². The summed E-state index contributed by atoms with van der Waals surface area (Å²) >= 11 is 0. The molecule has 6 heteroatoms. The highest BCUT2D eigenvalue weighted by Gasteiger charge is 2.18. The van der Waals surface area contributed by atoms with Gasteiger partial charge in [0.05, 0.1) is 5.56 Å². The van der Waals surface area contributed by atoms with E-state index in [-0.39, 0.29) is 17.3 Å². The van der Waals surface area contributed by atoms with Gasteiger partial charge < -0.3 is 9.73 Å². The average molecular weight is 325 g/mol. The lowest BCUT2D eigenvalue weighted by molar-refractivity contribution is 0.0991. The number of rotatable bonds is 4. The smallest absolute Gasteiger partial charge is 0.313 e.